The van der Waals surface area contributed by atoms with E-state index in [4.69, 9.17) is 4.42 Å². The molecule has 0 bridgehead atoms. The average molecular weight is 137 g/mol. The maximum atomic E-state index is 10.7. The van der Waals surface area contributed by atoms with E-state index in [2.05, 4.69) is 5.32 Å². The fourth-order valence-corrected chi connectivity index (χ4v) is 0.891. The Balaban J connectivity index is 2.69. The minimum Gasteiger partial charge on any atom is -0.458 e. The first kappa shape index (κ1) is 5.22. The lowest BCUT2D eigenvalue weighted by molar-refractivity contribution is 0.0868. The van der Waals surface area contributed by atoms with Gasteiger partial charge in [-0.25, -0.2) is 0 Å². The van der Waals surface area contributed by atoms with Crippen LogP contribution in [0.3, 0.4) is 0 Å². The van der Waals surface area contributed by atoms with Crippen molar-refractivity contribution in [2.24, 2.45) is 0 Å². The van der Waals surface area contributed by atoms with E-state index in [1.165, 1.54) is 12.3 Å². The molecule has 1 aromatic heterocycles. The summed E-state index contributed by atoms with van der Waals surface area (Å²) in [5.74, 6) is -0.719. The van der Waals surface area contributed by atoms with E-state index in [0.717, 1.165) is 0 Å². The number of hydrogen-bond acceptors (Lipinski definition) is 3. The summed E-state index contributed by atoms with van der Waals surface area (Å²) in [6.07, 6.45) is 1.32. The molecule has 1 aliphatic rings. The second kappa shape index (κ2) is 1.47. The Labute approximate surface area is 55.8 Å². The molecule has 4 heteroatoms. The molecular weight excluding hydrogens is 134 g/mol. The number of amides is 2. The van der Waals surface area contributed by atoms with E-state index in [1.54, 1.807) is 0 Å². The van der Waals surface area contributed by atoms with Gasteiger partial charge in [-0.3, -0.25) is 14.9 Å². The monoisotopic (exact) mass is 137 g/mol. The highest BCUT2D eigenvalue weighted by Gasteiger charge is 2.29. The SMILES string of the molecule is O=C1NC(=O)c2occc21. The first-order valence-electron chi connectivity index (χ1n) is 2.72. The first-order chi connectivity index (χ1) is 4.79. The lowest BCUT2D eigenvalue weighted by Crippen LogP contribution is -2.20. The molecule has 0 spiro atoms. The lowest BCUT2D eigenvalue weighted by atomic mass is 10.3. The standard InChI is InChI=1S/C6H3NO3/c8-5-3-1-2-10-4(3)6(9)7-5/h1-2H,(H,7,8,9). The van der Waals surface area contributed by atoms with Crippen LogP contribution in [0.25, 0.3) is 0 Å². The number of nitrogens with one attached hydrogen (secondary N) is 1. The molecule has 0 unspecified atom stereocenters. The van der Waals surface area contributed by atoms with Crippen molar-refractivity contribution >= 4 is 11.8 Å². The predicted molar refractivity (Wildman–Crippen MR) is 30.5 cm³/mol. The zero-order valence-corrected chi connectivity index (χ0v) is 4.88. The largest absolute Gasteiger partial charge is 0.458 e. The Kier molecular flexibility index (Phi) is 0.768. The van der Waals surface area contributed by atoms with Crippen LogP contribution in [0.2, 0.25) is 0 Å². The van der Waals surface area contributed by atoms with Crippen LogP contribution in [-0.2, 0) is 0 Å². The van der Waals surface area contributed by atoms with Crippen LogP contribution < -0.4 is 5.32 Å². The Hall–Kier alpha value is -1.58. The van der Waals surface area contributed by atoms with Gasteiger partial charge < -0.3 is 4.42 Å². The molecule has 1 aliphatic heterocycles. The Morgan fingerprint density at radius 2 is 2.10 bits per heavy atom. The quantitative estimate of drug-likeness (QED) is 0.518. The molecule has 0 aliphatic carbocycles. The zero-order valence-electron chi connectivity index (χ0n) is 4.88. The molecule has 2 heterocycles. The summed E-state index contributed by atoms with van der Waals surface area (Å²) in [5, 5.41) is 2.09. The van der Waals surface area contributed by atoms with Crippen molar-refractivity contribution in [3.05, 3.63) is 23.7 Å². The normalized spacial score (nSPS) is 15.2. The molecule has 10 heavy (non-hydrogen) atoms. The van der Waals surface area contributed by atoms with Gasteiger partial charge in [-0.15, -0.1) is 0 Å². The molecule has 2 amide bonds. The molecule has 2 rings (SSSR count). The topological polar surface area (TPSA) is 59.3 Å². The lowest BCUT2D eigenvalue weighted by Gasteiger charge is -1.83. The first-order valence-corrected chi connectivity index (χ1v) is 2.72. The van der Waals surface area contributed by atoms with Crippen LogP contribution in [0.15, 0.2) is 16.7 Å². The van der Waals surface area contributed by atoms with Gasteiger partial charge in [0.15, 0.2) is 0 Å². The molecule has 0 atom stereocenters. The summed E-state index contributed by atoms with van der Waals surface area (Å²) >= 11 is 0. The summed E-state index contributed by atoms with van der Waals surface area (Å²) < 4.78 is 4.73. The van der Waals surface area contributed by atoms with Crippen LogP contribution in [0.4, 0.5) is 0 Å². The number of carbonyl (C=O) groups is 2. The fraction of sp³-hybridized carbons (Fsp3) is 0. The van der Waals surface area contributed by atoms with Crippen LogP contribution in [0.5, 0.6) is 0 Å². The highest BCUT2D eigenvalue weighted by Crippen LogP contribution is 2.15. The number of imide groups is 1. The molecule has 50 valence electrons. The minimum atomic E-state index is -0.454. The highest BCUT2D eigenvalue weighted by atomic mass is 16.3. The van der Waals surface area contributed by atoms with Crippen molar-refractivity contribution in [2.45, 2.75) is 0 Å². The van der Waals surface area contributed by atoms with Crippen LogP contribution in [0.1, 0.15) is 20.9 Å². The van der Waals surface area contributed by atoms with E-state index >= 15 is 0 Å². The van der Waals surface area contributed by atoms with Crippen LogP contribution >= 0.6 is 0 Å². The molecule has 0 fully saturated rings. The molecule has 4 nitrogen and oxygen atoms in total. The smallest absolute Gasteiger partial charge is 0.294 e. The third kappa shape index (κ3) is 0.452. The zero-order chi connectivity index (χ0) is 7.14. The maximum absolute atomic E-state index is 10.7. The van der Waals surface area contributed by atoms with Crippen LogP contribution in [-0.4, -0.2) is 11.8 Å². The summed E-state index contributed by atoms with van der Waals surface area (Å²) in [6.45, 7) is 0. The third-order valence-corrected chi connectivity index (χ3v) is 1.34. The summed E-state index contributed by atoms with van der Waals surface area (Å²) in [6, 6.07) is 1.47. The van der Waals surface area contributed by atoms with E-state index in [-0.39, 0.29) is 11.7 Å². The van der Waals surface area contributed by atoms with E-state index in [1.807, 2.05) is 0 Å². The summed E-state index contributed by atoms with van der Waals surface area (Å²) in [7, 11) is 0. The van der Waals surface area contributed by atoms with Gasteiger partial charge >= 0.3 is 0 Å². The third-order valence-electron chi connectivity index (χ3n) is 1.34. The van der Waals surface area contributed by atoms with Crippen LogP contribution in [0, 0.1) is 0 Å². The Morgan fingerprint density at radius 3 is 2.80 bits per heavy atom. The van der Waals surface area contributed by atoms with Gasteiger partial charge in [0.05, 0.1) is 11.8 Å². The number of hydrogen-bond donors (Lipinski definition) is 1. The second-order valence-electron chi connectivity index (χ2n) is 1.95. The Bertz CT molecular complexity index is 284. The predicted octanol–water partition coefficient (Wildman–Crippen LogP) is 0.163. The van der Waals surface area contributed by atoms with Gasteiger partial charge in [0.25, 0.3) is 11.8 Å². The highest BCUT2D eigenvalue weighted by molar-refractivity contribution is 6.20. The van der Waals surface area contributed by atoms with Crippen molar-refractivity contribution in [2.75, 3.05) is 0 Å². The number of carbonyl (C=O) groups excluding carboxylic acids is 2. The van der Waals surface area contributed by atoms with Crippen molar-refractivity contribution < 1.29 is 14.0 Å². The Morgan fingerprint density at radius 1 is 1.30 bits per heavy atom. The molecule has 0 saturated carbocycles. The number of rotatable bonds is 0. The molecule has 0 saturated heterocycles. The number of furan rings is 1. The van der Waals surface area contributed by atoms with E-state index < -0.39 is 5.91 Å². The fourth-order valence-electron chi connectivity index (χ4n) is 0.891. The molecule has 0 radical (unpaired) electrons. The molecule has 0 aromatic carbocycles. The van der Waals surface area contributed by atoms with Gasteiger partial charge in [-0.2, -0.15) is 0 Å². The maximum Gasteiger partial charge on any atom is 0.294 e. The average Bonchev–Trinajstić information content (AvgIpc) is 2.39. The van der Waals surface area contributed by atoms with Gasteiger partial charge in [0.1, 0.15) is 0 Å². The van der Waals surface area contributed by atoms with Crippen molar-refractivity contribution in [1.29, 1.82) is 0 Å². The van der Waals surface area contributed by atoms with Crippen molar-refractivity contribution in [3.63, 3.8) is 0 Å². The number of fused-ring (bicyclic) bond motifs is 1. The molecular formula is C6H3NO3. The van der Waals surface area contributed by atoms with Gasteiger partial charge in [-0.05, 0) is 6.07 Å². The van der Waals surface area contributed by atoms with Crippen molar-refractivity contribution in [1.82, 2.24) is 5.32 Å². The van der Waals surface area contributed by atoms with Crippen molar-refractivity contribution in [3.8, 4) is 0 Å². The van der Waals surface area contributed by atoms with Gasteiger partial charge in [-0.1, -0.05) is 0 Å². The van der Waals surface area contributed by atoms with E-state index in [0.29, 0.717) is 5.56 Å². The summed E-state index contributed by atoms with van der Waals surface area (Å²) in [5.41, 5.74) is 0.324. The van der Waals surface area contributed by atoms with E-state index in [9.17, 15) is 9.59 Å². The molecule has 1 N–H and O–H groups in total. The minimum absolute atomic E-state index is 0.116. The van der Waals surface area contributed by atoms with Gasteiger partial charge in [0.2, 0.25) is 5.76 Å². The summed E-state index contributed by atoms with van der Waals surface area (Å²) in [4.78, 5) is 21.5. The van der Waals surface area contributed by atoms with Gasteiger partial charge in [0, 0.05) is 0 Å². The second-order valence-corrected chi connectivity index (χ2v) is 1.95. The molecule has 1 aromatic rings.